The summed E-state index contributed by atoms with van der Waals surface area (Å²) in [4.78, 5) is 12.3. The van der Waals surface area contributed by atoms with Crippen LogP contribution in [0.4, 0.5) is 0 Å². The molecular weight excluding hydrogens is 252 g/mol. The van der Waals surface area contributed by atoms with Crippen molar-refractivity contribution in [3.8, 4) is 5.75 Å². The first-order valence-corrected chi connectivity index (χ1v) is 7.71. The van der Waals surface area contributed by atoms with E-state index >= 15 is 0 Å². The molecule has 0 amide bonds. The van der Waals surface area contributed by atoms with Gasteiger partial charge in [-0.1, -0.05) is 18.6 Å². The summed E-state index contributed by atoms with van der Waals surface area (Å²) in [6, 6.07) is 6.01. The molecule has 20 heavy (non-hydrogen) atoms. The van der Waals surface area contributed by atoms with E-state index in [-0.39, 0.29) is 11.9 Å². The van der Waals surface area contributed by atoms with E-state index in [4.69, 9.17) is 9.47 Å². The Labute approximate surface area is 119 Å². The number of rotatable bonds is 3. The van der Waals surface area contributed by atoms with Gasteiger partial charge < -0.3 is 9.47 Å². The number of esters is 1. The third-order valence-electron chi connectivity index (χ3n) is 5.25. The van der Waals surface area contributed by atoms with Crippen molar-refractivity contribution < 1.29 is 14.3 Å². The smallest absolute Gasteiger partial charge is 0.309 e. The highest BCUT2D eigenvalue weighted by molar-refractivity contribution is 5.73. The predicted molar refractivity (Wildman–Crippen MR) is 74.4 cm³/mol. The van der Waals surface area contributed by atoms with Crippen molar-refractivity contribution in [1.29, 1.82) is 0 Å². The average Bonchev–Trinajstić information content (AvgIpc) is 3.19. The van der Waals surface area contributed by atoms with Crippen LogP contribution in [-0.2, 0) is 22.6 Å². The molecule has 0 N–H and O–H groups in total. The summed E-state index contributed by atoms with van der Waals surface area (Å²) in [5, 5.41) is 0. The van der Waals surface area contributed by atoms with E-state index in [2.05, 4.69) is 0 Å². The van der Waals surface area contributed by atoms with Crippen LogP contribution in [-0.4, -0.2) is 12.6 Å². The highest BCUT2D eigenvalue weighted by Gasteiger charge is 2.43. The number of fused-ring (bicyclic) bond motifs is 3. The van der Waals surface area contributed by atoms with Crippen molar-refractivity contribution in [3.63, 3.8) is 0 Å². The van der Waals surface area contributed by atoms with Crippen molar-refractivity contribution in [1.82, 2.24) is 0 Å². The van der Waals surface area contributed by atoms with Crippen LogP contribution in [0.2, 0.25) is 0 Å². The van der Waals surface area contributed by atoms with Gasteiger partial charge in [0.25, 0.3) is 0 Å². The topological polar surface area (TPSA) is 35.5 Å². The lowest BCUT2D eigenvalue weighted by Crippen LogP contribution is -2.23. The number of hydrogen-bond donors (Lipinski definition) is 0. The lowest BCUT2D eigenvalue weighted by Gasteiger charge is -2.20. The Kier molecular flexibility index (Phi) is 2.94. The molecular formula is C17H20O3. The Morgan fingerprint density at radius 1 is 1.30 bits per heavy atom. The quantitative estimate of drug-likeness (QED) is 0.793. The standard InChI is InChI=1S/C17H20O3/c18-17(15-9-11-4-5-12(15)8-11)20-10-13-2-1-3-16-14(13)6-7-19-16/h1-3,11-12,15H,4-10H2. The molecule has 2 bridgehead atoms. The molecule has 1 heterocycles. The molecule has 2 aliphatic carbocycles. The molecule has 1 aliphatic heterocycles. The largest absolute Gasteiger partial charge is 0.493 e. The van der Waals surface area contributed by atoms with Gasteiger partial charge in [-0.2, -0.15) is 0 Å². The zero-order valence-corrected chi connectivity index (χ0v) is 11.6. The summed E-state index contributed by atoms with van der Waals surface area (Å²) in [5.41, 5.74) is 2.32. The molecule has 1 aromatic rings. The van der Waals surface area contributed by atoms with Gasteiger partial charge in [-0.25, -0.2) is 0 Å². The summed E-state index contributed by atoms with van der Waals surface area (Å²) < 4.78 is 11.1. The van der Waals surface area contributed by atoms with Crippen molar-refractivity contribution in [2.45, 2.75) is 38.7 Å². The molecule has 0 aromatic heterocycles. The van der Waals surface area contributed by atoms with Crippen LogP contribution in [0.3, 0.4) is 0 Å². The summed E-state index contributed by atoms with van der Waals surface area (Å²) in [5.74, 6) is 2.53. The van der Waals surface area contributed by atoms with E-state index in [1.54, 1.807) is 0 Å². The number of carbonyl (C=O) groups excluding carboxylic acids is 1. The molecule has 3 aliphatic rings. The van der Waals surface area contributed by atoms with Crippen LogP contribution in [0.25, 0.3) is 0 Å². The molecule has 0 saturated heterocycles. The zero-order chi connectivity index (χ0) is 13.5. The lowest BCUT2D eigenvalue weighted by molar-refractivity contribution is -0.151. The molecule has 2 fully saturated rings. The fourth-order valence-electron chi connectivity index (χ4n) is 4.22. The van der Waals surface area contributed by atoms with Gasteiger partial charge in [-0.15, -0.1) is 0 Å². The van der Waals surface area contributed by atoms with Crippen LogP contribution >= 0.6 is 0 Å². The molecule has 106 valence electrons. The van der Waals surface area contributed by atoms with Crippen molar-refractivity contribution in [2.24, 2.45) is 17.8 Å². The molecule has 2 saturated carbocycles. The molecule has 0 radical (unpaired) electrons. The van der Waals surface area contributed by atoms with Gasteiger partial charge in [0.15, 0.2) is 0 Å². The monoisotopic (exact) mass is 272 g/mol. The van der Waals surface area contributed by atoms with Gasteiger partial charge in [0.2, 0.25) is 0 Å². The maximum atomic E-state index is 12.3. The van der Waals surface area contributed by atoms with E-state index in [0.717, 1.165) is 36.7 Å². The Morgan fingerprint density at radius 2 is 2.25 bits per heavy atom. The first-order valence-electron chi connectivity index (χ1n) is 7.71. The molecule has 1 aromatic carbocycles. The van der Waals surface area contributed by atoms with Gasteiger partial charge in [0.05, 0.1) is 12.5 Å². The first-order chi connectivity index (χ1) is 9.81. The minimum absolute atomic E-state index is 0.0220. The Morgan fingerprint density at radius 3 is 3.05 bits per heavy atom. The van der Waals surface area contributed by atoms with Crippen molar-refractivity contribution in [3.05, 3.63) is 29.3 Å². The molecule has 3 unspecified atom stereocenters. The second-order valence-corrected chi connectivity index (χ2v) is 6.38. The molecule has 4 rings (SSSR count). The van der Waals surface area contributed by atoms with Gasteiger partial charge >= 0.3 is 5.97 Å². The van der Waals surface area contributed by atoms with Crippen LogP contribution in [0.15, 0.2) is 18.2 Å². The van der Waals surface area contributed by atoms with E-state index in [1.807, 2.05) is 18.2 Å². The minimum atomic E-state index is 0.0220. The van der Waals surface area contributed by atoms with Crippen LogP contribution in [0, 0.1) is 17.8 Å². The first kappa shape index (κ1) is 12.2. The maximum absolute atomic E-state index is 12.3. The summed E-state index contributed by atoms with van der Waals surface area (Å²) in [6.45, 7) is 1.14. The number of carbonyl (C=O) groups is 1. The number of hydrogen-bond acceptors (Lipinski definition) is 3. The molecule has 3 nitrogen and oxygen atoms in total. The van der Waals surface area contributed by atoms with Crippen molar-refractivity contribution >= 4 is 5.97 Å². The van der Waals surface area contributed by atoms with Gasteiger partial charge in [0, 0.05) is 12.0 Å². The van der Waals surface area contributed by atoms with E-state index < -0.39 is 0 Å². The Hall–Kier alpha value is -1.51. The van der Waals surface area contributed by atoms with Crippen LogP contribution in [0.1, 0.15) is 36.8 Å². The van der Waals surface area contributed by atoms with Crippen LogP contribution < -0.4 is 4.74 Å². The number of ether oxygens (including phenoxy) is 2. The van der Waals surface area contributed by atoms with Gasteiger partial charge in [-0.3, -0.25) is 4.79 Å². The normalized spacial score (nSPS) is 30.1. The maximum Gasteiger partial charge on any atom is 0.309 e. The summed E-state index contributed by atoms with van der Waals surface area (Å²) >= 11 is 0. The second-order valence-electron chi connectivity index (χ2n) is 6.38. The SMILES string of the molecule is O=C(OCc1cccc2c1CCO2)C1CC2CCC1C2. The minimum Gasteiger partial charge on any atom is -0.493 e. The molecule has 0 spiro atoms. The van der Waals surface area contributed by atoms with Gasteiger partial charge in [0.1, 0.15) is 12.4 Å². The predicted octanol–water partition coefficient (Wildman–Crippen LogP) is 3.10. The molecule has 3 atom stereocenters. The lowest BCUT2D eigenvalue weighted by atomic mass is 9.89. The van der Waals surface area contributed by atoms with E-state index in [9.17, 15) is 4.79 Å². The third-order valence-corrected chi connectivity index (χ3v) is 5.25. The highest BCUT2D eigenvalue weighted by atomic mass is 16.5. The third kappa shape index (κ3) is 2.00. The molecule has 3 heteroatoms. The highest BCUT2D eigenvalue weighted by Crippen LogP contribution is 2.48. The van der Waals surface area contributed by atoms with E-state index in [0.29, 0.717) is 12.5 Å². The van der Waals surface area contributed by atoms with E-state index in [1.165, 1.54) is 24.8 Å². The summed E-state index contributed by atoms with van der Waals surface area (Å²) in [6.07, 6.45) is 5.77. The Bertz CT molecular complexity index is 537. The second kappa shape index (κ2) is 4.80. The fourth-order valence-corrected chi connectivity index (χ4v) is 4.22. The van der Waals surface area contributed by atoms with Crippen molar-refractivity contribution in [2.75, 3.05) is 6.61 Å². The zero-order valence-electron chi connectivity index (χ0n) is 11.6. The average molecular weight is 272 g/mol. The fraction of sp³-hybridized carbons (Fsp3) is 0.588. The van der Waals surface area contributed by atoms with Crippen LogP contribution in [0.5, 0.6) is 5.75 Å². The van der Waals surface area contributed by atoms with Gasteiger partial charge in [-0.05, 0) is 42.7 Å². The Balaban J connectivity index is 1.41. The number of benzene rings is 1. The summed E-state index contributed by atoms with van der Waals surface area (Å²) in [7, 11) is 0.